The first kappa shape index (κ1) is 18.9. The number of benzene rings is 1. The lowest BCUT2D eigenvalue weighted by Gasteiger charge is -2.20. The molecule has 0 bridgehead atoms. The first-order valence-corrected chi connectivity index (χ1v) is 8.07. The van der Waals surface area contributed by atoms with Crippen molar-refractivity contribution in [2.24, 2.45) is 0 Å². The van der Waals surface area contributed by atoms with Gasteiger partial charge in [-0.1, -0.05) is 0 Å². The molecule has 1 fully saturated rings. The highest BCUT2D eigenvalue weighted by atomic mass is 16.5. The van der Waals surface area contributed by atoms with Gasteiger partial charge in [-0.25, -0.2) is 4.79 Å². The molecule has 0 saturated carbocycles. The van der Waals surface area contributed by atoms with Crippen molar-refractivity contribution in [2.75, 3.05) is 52.5 Å². The molecule has 1 heterocycles. The summed E-state index contributed by atoms with van der Waals surface area (Å²) in [5.74, 6) is 0.950. The third kappa shape index (κ3) is 4.54. The molecule has 1 N–H and O–H groups in total. The van der Waals surface area contributed by atoms with Crippen molar-refractivity contribution < 1.29 is 23.8 Å². The average molecular weight is 351 g/mol. The lowest BCUT2D eigenvalue weighted by atomic mass is 10.2. The fourth-order valence-electron chi connectivity index (χ4n) is 2.75. The van der Waals surface area contributed by atoms with Crippen molar-refractivity contribution >= 4 is 17.6 Å². The van der Waals surface area contributed by atoms with E-state index in [9.17, 15) is 9.59 Å². The number of nitrogens with zero attached hydrogens (tertiary/aromatic N) is 2. The van der Waals surface area contributed by atoms with E-state index in [0.717, 1.165) is 0 Å². The second-order valence-electron chi connectivity index (χ2n) is 5.82. The molecule has 3 amide bonds. The number of urea groups is 1. The normalized spacial score (nSPS) is 15.3. The van der Waals surface area contributed by atoms with E-state index in [1.165, 1.54) is 4.90 Å². The van der Waals surface area contributed by atoms with E-state index in [-0.39, 0.29) is 24.5 Å². The standard InChI is InChI=1S/C17H25N3O5/c1-12(11-23-2)18-16(21)10-19-7-8-20(17(19)22)13-5-6-14(24-3)15(9-13)25-4/h5-6,9,12H,7-8,10-11H2,1-4H3,(H,18,21). The summed E-state index contributed by atoms with van der Waals surface area (Å²) in [4.78, 5) is 27.8. The number of anilines is 1. The predicted octanol–water partition coefficient (Wildman–Crippen LogP) is 1.10. The van der Waals surface area contributed by atoms with E-state index in [0.29, 0.717) is 36.9 Å². The van der Waals surface area contributed by atoms with E-state index in [2.05, 4.69) is 5.32 Å². The molecule has 1 aromatic carbocycles. The number of carbonyl (C=O) groups excluding carboxylic acids is 2. The van der Waals surface area contributed by atoms with E-state index in [4.69, 9.17) is 14.2 Å². The molecule has 1 saturated heterocycles. The minimum Gasteiger partial charge on any atom is -0.493 e. The minimum atomic E-state index is -0.207. The maximum absolute atomic E-state index is 12.6. The number of nitrogens with one attached hydrogen (secondary N) is 1. The van der Waals surface area contributed by atoms with Gasteiger partial charge in [0.1, 0.15) is 6.54 Å². The summed E-state index contributed by atoms with van der Waals surface area (Å²) < 4.78 is 15.5. The molecule has 1 aliphatic heterocycles. The molecular formula is C17H25N3O5. The van der Waals surface area contributed by atoms with Gasteiger partial charge in [-0.3, -0.25) is 9.69 Å². The predicted molar refractivity (Wildman–Crippen MR) is 93.3 cm³/mol. The molecule has 1 unspecified atom stereocenters. The molecule has 0 spiro atoms. The van der Waals surface area contributed by atoms with Gasteiger partial charge in [-0.05, 0) is 19.1 Å². The highest BCUT2D eigenvalue weighted by Gasteiger charge is 2.31. The smallest absolute Gasteiger partial charge is 0.325 e. The number of amides is 3. The first-order valence-electron chi connectivity index (χ1n) is 8.07. The van der Waals surface area contributed by atoms with Crippen LogP contribution in [0.4, 0.5) is 10.5 Å². The Bertz CT molecular complexity index is 622. The van der Waals surface area contributed by atoms with E-state index >= 15 is 0 Å². The third-order valence-electron chi connectivity index (χ3n) is 3.93. The topological polar surface area (TPSA) is 80.3 Å². The molecule has 1 aliphatic rings. The van der Waals surface area contributed by atoms with Gasteiger partial charge in [0.2, 0.25) is 5.91 Å². The summed E-state index contributed by atoms with van der Waals surface area (Å²) >= 11 is 0. The summed E-state index contributed by atoms with van der Waals surface area (Å²) in [6.07, 6.45) is 0. The van der Waals surface area contributed by atoms with Crippen LogP contribution in [0.1, 0.15) is 6.92 Å². The van der Waals surface area contributed by atoms with Gasteiger partial charge in [0, 0.05) is 38.0 Å². The monoisotopic (exact) mass is 351 g/mol. The van der Waals surface area contributed by atoms with Crippen molar-refractivity contribution in [3.63, 3.8) is 0 Å². The number of methoxy groups -OCH3 is 3. The second kappa shape index (κ2) is 8.57. The maximum atomic E-state index is 12.6. The Labute approximate surface area is 147 Å². The van der Waals surface area contributed by atoms with Gasteiger partial charge in [0.15, 0.2) is 11.5 Å². The molecule has 0 radical (unpaired) electrons. The maximum Gasteiger partial charge on any atom is 0.325 e. The zero-order valence-corrected chi connectivity index (χ0v) is 15.1. The number of rotatable bonds is 8. The third-order valence-corrected chi connectivity index (χ3v) is 3.93. The molecule has 0 aromatic heterocycles. The summed E-state index contributed by atoms with van der Waals surface area (Å²) in [5, 5.41) is 2.80. The van der Waals surface area contributed by atoms with Crippen LogP contribution < -0.4 is 19.7 Å². The van der Waals surface area contributed by atoms with Gasteiger partial charge < -0.3 is 24.4 Å². The first-order chi connectivity index (χ1) is 12.0. The molecule has 1 aromatic rings. The number of carbonyl (C=O) groups is 2. The lowest BCUT2D eigenvalue weighted by Crippen LogP contribution is -2.44. The zero-order chi connectivity index (χ0) is 18.4. The number of hydrogen-bond acceptors (Lipinski definition) is 5. The summed E-state index contributed by atoms with van der Waals surface area (Å²) in [5.41, 5.74) is 0.707. The SMILES string of the molecule is COCC(C)NC(=O)CN1CCN(c2ccc(OC)c(OC)c2)C1=O. The quantitative estimate of drug-likeness (QED) is 0.759. The zero-order valence-electron chi connectivity index (χ0n) is 15.1. The van der Waals surface area contributed by atoms with E-state index in [1.54, 1.807) is 44.4 Å². The Kier molecular flexibility index (Phi) is 6.46. The molecule has 1 atom stereocenters. The second-order valence-corrected chi connectivity index (χ2v) is 5.82. The summed E-state index contributed by atoms with van der Waals surface area (Å²) in [6.45, 7) is 3.30. The Morgan fingerprint density at radius 1 is 1.20 bits per heavy atom. The minimum absolute atomic E-state index is 0.0245. The molecule has 138 valence electrons. The highest BCUT2D eigenvalue weighted by molar-refractivity contribution is 5.96. The average Bonchev–Trinajstić information content (AvgIpc) is 2.94. The van der Waals surface area contributed by atoms with Crippen LogP contribution in [0.5, 0.6) is 11.5 Å². The number of ether oxygens (including phenoxy) is 3. The Morgan fingerprint density at radius 3 is 2.56 bits per heavy atom. The van der Waals surface area contributed by atoms with Crippen LogP contribution in [-0.2, 0) is 9.53 Å². The largest absolute Gasteiger partial charge is 0.493 e. The molecule has 8 nitrogen and oxygen atoms in total. The van der Waals surface area contributed by atoms with Gasteiger partial charge >= 0.3 is 6.03 Å². The van der Waals surface area contributed by atoms with Crippen LogP contribution in [0, 0.1) is 0 Å². The Morgan fingerprint density at radius 2 is 1.92 bits per heavy atom. The van der Waals surface area contributed by atoms with Crippen LogP contribution in [0.25, 0.3) is 0 Å². The van der Waals surface area contributed by atoms with Crippen LogP contribution in [-0.4, -0.2) is 70.5 Å². The summed E-state index contributed by atoms with van der Waals surface area (Å²) in [7, 11) is 4.68. The lowest BCUT2D eigenvalue weighted by molar-refractivity contribution is -0.122. The van der Waals surface area contributed by atoms with Crippen molar-refractivity contribution in [2.45, 2.75) is 13.0 Å². The van der Waals surface area contributed by atoms with E-state index < -0.39 is 0 Å². The van der Waals surface area contributed by atoms with Crippen LogP contribution in [0.2, 0.25) is 0 Å². The highest BCUT2D eigenvalue weighted by Crippen LogP contribution is 2.32. The van der Waals surface area contributed by atoms with Crippen LogP contribution in [0.15, 0.2) is 18.2 Å². The Hall–Kier alpha value is -2.48. The molecule has 2 rings (SSSR count). The molecular weight excluding hydrogens is 326 g/mol. The van der Waals surface area contributed by atoms with Crippen molar-refractivity contribution in [3.8, 4) is 11.5 Å². The Balaban J connectivity index is 2.00. The van der Waals surface area contributed by atoms with Crippen LogP contribution >= 0.6 is 0 Å². The van der Waals surface area contributed by atoms with Crippen LogP contribution in [0.3, 0.4) is 0 Å². The molecule has 0 aliphatic carbocycles. The number of hydrogen-bond donors (Lipinski definition) is 1. The molecule has 25 heavy (non-hydrogen) atoms. The fourth-order valence-corrected chi connectivity index (χ4v) is 2.75. The van der Waals surface area contributed by atoms with E-state index in [1.807, 2.05) is 6.92 Å². The van der Waals surface area contributed by atoms with Gasteiger partial charge in [0.05, 0.1) is 20.8 Å². The summed E-state index contributed by atoms with van der Waals surface area (Å²) in [6, 6.07) is 4.99. The van der Waals surface area contributed by atoms with Crippen molar-refractivity contribution in [1.82, 2.24) is 10.2 Å². The van der Waals surface area contributed by atoms with Gasteiger partial charge in [-0.15, -0.1) is 0 Å². The van der Waals surface area contributed by atoms with Crippen molar-refractivity contribution in [1.29, 1.82) is 0 Å². The van der Waals surface area contributed by atoms with Gasteiger partial charge in [-0.2, -0.15) is 0 Å². The van der Waals surface area contributed by atoms with Crippen molar-refractivity contribution in [3.05, 3.63) is 18.2 Å². The molecule has 8 heteroatoms. The van der Waals surface area contributed by atoms with Gasteiger partial charge in [0.25, 0.3) is 0 Å². The fraction of sp³-hybridized carbons (Fsp3) is 0.529.